The van der Waals surface area contributed by atoms with Crippen molar-refractivity contribution in [1.82, 2.24) is 9.80 Å². The second-order valence-corrected chi connectivity index (χ2v) is 7.56. The van der Waals surface area contributed by atoms with E-state index in [4.69, 9.17) is 5.73 Å². The number of carbonyl (C=O) groups excluding carboxylic acids is 2. The molecule has 4 rings (SSSR count). The smallest absolute Gasteiger partial charge is 0.321 e. The van der Waals surface area contributed by atoms with E-state index >= 15 is 0 Å². The first-order chi connectivity index (χ1) is 13.6. The number of anilines is 1. The van der Waals surface area contributed by atoms with Gasteiger partial charge in [-0.1, -0.05) is 30.3 Å². The number of urea groups is 1. The normalized spacial score (nSPS) is 19.7. The van der Waals surface area contributed by atoms with Crippen molar-refractivity contribution in [2.75, 3.05) is 31.5 Å². The topological polar surface area (TPSA) is 78.7 Å². The number of nitrogens with two attached hydrogens (primary N) is 1. The molecule has 1 fully saturated rings. The summed E-state index contributed by atoms with van der Waals surface area (Å²) in [6.07, 6.45) is 3.42. The highest BCUT2D eigenvalue weighted by Crippen LogP contribution is 2.25. The van der Waals surface area contributed by atoms with Crippen LogP contribution in [0.4, 0.5) is 10.5 Å². The van der Waals surface area contributed by atoms with E-state index in [-0.39, 0.29) is 6.03 Å². The predicted octanol–water partition coefficient (Wildman–Crippen LogP) is 2.49. The van der Waals surface area contributed by atoms with Gasteiger partial charge in [0.05, 0.1) is 0 Å². The van der Waals surface area contributed by atoms with Gasteiger partial charge in [0.1, 0.15) is 0 Å². The van der Waals surface area contributed by atoms with Crippen molar-refractivity contribution in [2.24, 2.45) is 5.73 Å². The van der Waals surface area contributed by atoms with Crippen LogP contribution in [-0.4, -0.2) is 54.0 Å². The van der Waals surface area contributed by atoms with Crippen LogP contribution >= 0.6 is 0 Å². The van der Waals surface area contributed by atoms with Crippen LogP contribution < -0.4 is 11.1 Å². The molecule has 3 amide bonds. The standard InChI is InChI=1S/C22H26N4O2/c23-21(27)18-6-3-7-19(14-18)24-22(28)26-12-10-25(11-13-26)20-9-8-16-4-1-2-5-17(16)15-20/h1-7,14,20H,8-13,15H2,(H2,23,27)(H,24,28)/t20-/m0/s1. The fourth-order valence-electron chi connectivity index (χ4n) is 4.23. The van der Waals surface area contributed by atoms with E-state index < -0.39 is 5.91 Å². The van der Waals surface area contributed by atoms with Gasteiger partial charge in [-0.25, -0.2) is 4.79 Å². The Morgan fingerprint density at radius 3 is 2.46 bits per heavy atom. The van der Waals surface area contributed by atoms with Crippen LogP contribution in [0.2, 0.25) is 0 Å². The molecule has 1 aliphatic carbocycles. The van der Waals surface area contributed by atoms with E-state index in [0.717, 1.165) is 25.9 Å². The monoisotopic (exact) mass is 378 g/mol. The molecular formula is C22H26N4O2. The minimum absolute atomic E-state index is 0.129. The molecule has 28 heavy (non-hydrogen) atoms. The minimum atomic E-state index is -0.501. The number of benzene rings is 2. The second-order valence-electron chi connectivity index (χ2n) is 7.56. The lowest BCUT2D eigenvalue weighted by Crippen LogP contribution is -2.53. The number of rotatable bonds is 3. The molecular weight excluding hydrogens is 352 g/mol. The number of primary amides is 1. The summed E-state index contributed by atoms with van der Waals surface area (Å²) in [6.45, 7) is 3.20. The average molecular weight is 378 g/mol. The van der Waals surface area contributed by atoms with Crippen LogP contribution in [0.5, 0.6) is 0 Å². The summed E-state index contributed by atoms with van der Waals surface area (Å²) in [4.78, 5) is 28.2. The van der Waals surface area contributed by atoms with Crippen molar-refractivity contribution >= 4 is 17.6 Å². The summed E-state index contributed by atoms with van der Waals surface area (Å²) in [5.74, 6) is -0.501. The lowest BCUT2D eigenvalue weighted by atomic mass is 9.87. The molecule has 6 heteroatoms. The van der Waals surface area contributed by atoms with Crippen LogP contribution in [0, 0.1) is 0 Å². The van der Waals surface area contributed by atoms with Crippen molar-refractivity contribution in [2.45, 2.75) is 25.3 Å². The summed E-state index contributed by atoms with van der Waals surface area (Å²) >= 11 is 0. The molecule has 1 aliphatic heterocycles. The lowest BCUT2D eigenvalue weighted by Gasteiger charge is -2.41. The van der Waals surface area contributed by atoms with E-state index in [9.17, 15) is 9.59 Å². The van der Waals surface area contributed by atoms with Crippen molar-refractivity contribution < 1.29 is 9.59 Å². The molecule has 0 spiro atoms. The quantitative estimate of drug-likeness (QED) is 0.861. The molecule has 0 aromatic heterocycles. The van der Waals surface area contributed by atoms with Crippen molar-refractivity contribution in [3.05, 3.63) is 65.2 Å². The molecule has 2 aromatic rings. The summed E-state index contributed by atoms with van der Waals surface area (Å²) in [5.41, 5.74) is 9.23. The summed E-state index contributed by atoms with van der Waals surface area (Å²) < 4.78 is 0. The molecule has 0 radical (unpaired) electrons. The van der Waals surface area contributed by atoms with Crippen LogP contribution in [0.1, 0.15) is 27.9 Å². The Hall–Kier alpha value is -2.86. The zero-order valence-corrected chi connectivity index (χ0v) is 15.9. The number of fused-ring (bicyclic) bond motifs is 1. The second kappa shape index (κ2) is 8.02. The first-order valence-electron chi connectivity index (χ1n) is 9.87. The lowest BCUT2D eigenvalue weighted by molar-refractivity contribution is 0.1000. The molecule has 0 saturated carbocycles. The Balaban J connectivity index is 1.31. The summed E-state index contributed by atoms with van der Waals surface area (Å²) in [5, 5.41) is 2.87. The van der Waals surface area contributed by atoms with Gasteiger partial charge in [-0.3, -0.25) is 9.69 Å². The molecule has 1 atom stereocenters. The molecule has 6 nitrogen and oxygen atoms in total. The first-order valence-corrected chi connectivity index (χ1v) is 9.87. The minimum Gasteiger partial charge on any atom is -0.366 e. The molecule has 2 aliphatic rings. The number of nitrogens with one attached hydrogen (secondary N) is 1. The van der Waals surface area contributed by atoms with Crippen molar-refractivity contribution in [3.63, 3.8) is 0 Å². The van der Waals surface area contributed by atoms with Gasteiger partial charge in [0, 0.05) is 43.5 Å². The van der Waals surface area contributed by atoms with Crippen LogP contribution in [0.25, 0.3) is 0 Å². The molecule has 1 heterocycles. The Morgan fingerprint density at radius 2 is 1.71 bits per heavy atom. The Bertz CT molecular complexity index is 874. The highest BCUT2D eigenvalue weighted by Gasteiger charge is 2.28. The predicted molar refractivity (Wildman–Crippen MR) is 109 cm³/mol. The maximum atomic E-state index is 12.6. The van der Waals surface area contributed by atoms with Crippen LogP contribution in [-0.2, 0) is 12.8 Å². The molecule has 0 unspecified atom stereocenters. The number of nitrogens with zero attached hydrogens (tertiary/aromatic N) is 2. The van der Waals surface area contributed by atoms with Gasteiger partial charge < -0.3 is 16.0 Å². The van der Waals surface area contributed by atoms with Crippen molar-refractivity contribution in [1.29, 1.82) is 0 Å². The summed E-state index contributed by atoms with van der Waals surface area (Å²) in [6, 6.07) is 15.9. The van der Waals surface area contributed by atoms with E-state index in [2.05, 4.69) is 34.5 Å². The van der Waals surface area contributed by atoms with Gasteiger partial charge in [0.25, 0.3) is 0 Å². The molecule has 146 valence electrons. The number of hydrogen-bond donors (Lipinski definition) is 2. The third-order valence-electron chi connectivity index (χ3n) is 5.84. The fraction of sp³-hybridized carbons (Fsp3) is 0.364. The maximum absolute atomic E-state index is 12.6. The zero-order chi connectivity index (χ0) is 19.5. The van der Waals surface area contributed by atoms with Gasteiger partial charge >= 0.3 is 6.03 Å². The molecule has 0 bridgehead atoms. The molecule has 3 N–H and O–H groups in total. The number of aryl methyl sites for hydroxylation is 1. The van der Waals surface area contributed by atoms with Gasteiger partial charge in [-0.2, -0.15) is 0 Å². The third-order valence-corrected chi connectivity index (χ3v) is 5.84. The van der Waals surface area contributed by atoms with Gasteiger partial charge in [0.2, 0.25) is 5.91 Å². The molecule has 1 saturated heterocycles. The maximum Gasteiger partial charge on any atom is 0.321 e. The van der Waals surface area contributed by atoms with E-state index in [1.54, 1.807) is 24.3 Å². The van der Waals surface area contributed by atoms with Gasteiger partial charge in [-0.15, -0.1) is 0 Å². The number of carbonyl (C=O) groups is 2. The van der Waals surface area contributed by atoms with E-state index in [0.29, 0.717) is 30.4 Å². The van der Waals surface area contributed by atoms with E-state index in [1.165, 1.54) is 17.5 Å². The summed E-state index contributed by atoms with van der Waals surface area (Å²) in [7, 11) is 0. The Labute approximate surface area is 165 Å². The Morgan fingerprint density at radius 1 is 0.964 bits per heavy atom. The fourth-order valence-corrected chi connectivity index (χ4v) is 4.23. The van der Waals surface area contributed by atoms with Crippen molar-refractivity contribution in [3.8, 4) is 0 Å². The number of amides is 3. The van der Waals surface area contributed by atoms with E-state index in [1.807, 2.05) is 4.90 Å². The Kier molecular flexibility index (Phi) is 5.30. The first kappa shape index (κ1) is 18.5. The zero-order valence-electron chi connectivity index (χ0n) is 15.9. The third kappa shape index (κ3) is 4.02. The number of hydrogen-bond acceptors (Lipinski definition) is 3. The highest BCUT2D eigenvalue weighted by atomic mass is 16.2. The van der Waals surface area contributed by atoms with Gasteiger partial charge in [0.15, 0.2) is 0 Å². The largest absolute Gasteiger partial charge is 0.366 e. The van der Waals surface area contributed by atoms with Gasteiger partial charge in [-0.05, 0) is 48.6 Å². The average Bonchev–Trinajstić information content (AvgIpc) is 2.73. The molecule has 2 aromatic carbocycles. The number of piperazine rings is 1. The van der Waals surface area contributed by atoms with Crippen LogP contribution in [0.15, 0.2) is 48.5 Å². The van der Waals surface area contributed by atoms with Crippen LogP contribution in [0.3, 0.4) is 0 Å². The SMILES string of the molecule is NC(=O)c1cccc(NC(=O)N2CCN([C@H]3CCc4ccccc4C3)CC2)c1. The highest BCUT2D eigenvalue weighted by molar-refractivity contribution is 5.95.